The van der Waals surface area contributed by atoms with E-state index in [9.17, 15) is 14.0 Å². The fraction of sp³-hybridized carbons (Fsp3) is 0.529. The van der Waals surface area contributed by atoms with Gasteiger partial charge in [-0.3, -0.25) is 9.69 Å². The van der Waals surface area contributed by atoms with Crippen LogP contribution >= 0.6 is 0 Å². The average molecular weight is 365 g/mol. The minimum atomic E-state index is -0.648. The molecule has 3 aliphatic rings. The van der Waals surface area contributed by atoms with Crippen LogP contribution in [0.5, 0.6) is 5.75 Å². The number of fused-ring (bicyclic) bond motifs is 2. The van der Waals surface area contributed by atoms with Crippen LogP contribution in [0.4, 0.5) is 14.9 Å². The van der Waals surface area contributed by atoms with Crippen LogP contribution in [0.3, 0.4) is 0 Å². The molecule has 1 aromatic rings. The third-order valence-corrected chi connectivity index (χ3v) is 4.73. The van der Waals surface area contributed by atoms with Crippen molar-refractivity contribution in [3.63, 3.8) is 0 Å². The number of halogens is 1. The Bertz CT molecular complexity index is 737. The van der Waals surface area contributed by atoms with Crippen molar-refractivity contribution in [3.05, 3.63) is 23.5 Å². The molecular weight excluding hydrogens is 345 g/mol. The Morgan fingerprint density at radius 3 is 2.81 bits per heavy atom. The quantitative estimate of drug-likeness (QED) is 0.855. The van der Waals surface area contributed by atoms with E-state index < -0.39 is 18.4 Å². The number of rotatable bonds is 3. The topological polar surface area (TPSA) is 80.3 Å². The Hall–Kier alpha value is -2.55. The number of amides is 2. The zero-order chi connectivity index (χ0) is 18.3. The van der Waals surface area contributed by atoms with Gasteiger partial charge >= 0.3 is 6.09 Å². The first-order valence-corrected chi connectivity index (χ1v) is 8.56. The van der Waals surface area contributed by atoms with Gasteiger partial charge in [-0.25, -0.2) is 9.18 Å². The van der Waals surface area contributed by atoms with E-state index in [-0.39, 0.29) is 24.8 Å². The van der Waals surface area contributed by atoms with Crippen LogP contribution in [0.2, 0.25) is 0 Å². The molecule has 3 heterocycles. The average Bonchev–Trinajstić information content (AvgIpc) is 2.93. The highest BCUT2D eigenvalue weighted by molar-refractivity contribution is 5.74. The molecular formula is C17H20FN3O5. The minimum absolute atomic E-state index is 0.162. The number of nitrogens with one attached hydrogen (secondary N) is 1. The second kappa shape index (κ2) is 6.64. The first kappa shape index (κ1) is 16.9. The maximum absolute atomic E-state index is 14.6. The van der Waals surface area contributed by atoms with E-state index >= 15 is 0 Å². The van der Waals surface area contributed by atoms with Crippen LogP contribution in [-0.4, -0.2) is 62.1 Å². The largest absolute Gasteiger partial charge is 0.466 e. The molecule has 8 nitrogen and oxygen atoms in total. The molecule has 26 heavy (non-hydrogen) atoms. The van der Waals surface area contributed by atoms with Crippen molar-refractivity contribution < 1.29 is 28.2 Å². The highest BCUT2D eigenvalue weighted by Crippen LogP contribution is 2.37. The highest BCUT2D eigenvalue weighted by atomic mass is 19.1. The van der Waals surface area contributed by atoms with E-state index in [1.54, 1.807) is 6.07 Å². The Labute approximate surface area is 149 Å². The predicted molar refractivity (Wildman–Crippen MR) is 88.3 cm³/mol. The van der Waals surface area contributed by atoms with Crippen molar-refractivity contribution in [2.24, 2.45) is 0 Å². The van der Waals surface area contributed by atoms with Gasteiger partial charge in [0.2, 0.25) is 12.1 Å². The van der Waals surface area contributed by atoms with Gasteiger partial charge in [-0.2, -0.15) is 0 Å². The van der Waals surface area contributed by atoms with Crippen LogP contribution in [0.15, 0.2) is 12.1 Å². The third kappa shape index (κ3) is 3.03. The van der Waals surface area contributed by atoms with Gasteiger partial charge in [0.15, 0.2) is 6.10 Å². The molecule has 0 saturated carbocycles. The van der Waals surface area contributed by atoms with Gasteiger partial charge < -0.3 is 24.4 Å². The molecule has 2 fully saturated rings. The summed E-state index contributed by atoms with van der Waals surface area (Å²) in [6, 6.07) is 3.08. The van der Waals surface area contributed by atoms with Crippen molar-refractivity contribution in [2.45, 2.75) is 25.8 Å². The molecule has 3 aliphatic heterocycles. The Kier molecular flexibility index (Phi) is 4.31. The highest BCUT2D eigenvalue weighted by Gasteiger charge is 2.46. The number of nitrogens with zero attached hydrogens (tertiary/aromatic N) is 2. The second-order valence-electron chi connectivity index (χ2n) is 6.51. The van der Waals surface area contributed by atoms with Gasteiger partial charge in [0.05, 0.1) is 32.0 Å². The van der Waals surface area contributed by atoms with E-state index in [1.165, 1.54) is 17.9 Å². The van der Waals surface area contributed by atoms with Gasteiger partial charge in [0.1, 0.15) is 11.6 Å². The standard InChI is InChI=1S/C17H20FN3O5/c1-10(22)19-8-15-16-21(17(23)26-15)9-11-6-12(18)13(7-14(11)25-16)20-2-4-24-5-3-20/h6-7,15-16H,2-5,8-9H2,1H3,(H,19,22)/t15-,16-/m0/s1. The summed E-state index contributed by atoms with van der Waals surface area (Å²) in [6.07, 6.45) is -1.80. The van der Waals surface area contributed by atoms with E-state index in [0.29, 0.717) is 43.3 Å². The molecule has 0 radical (unpaired) electrons. The summed E-state index contributed by atoms with van der Waals surface area (Å²) in [4.78, 5) is 26.5. The molecule has 0 unspecified atom stereocenters. The molecule has 0 aromatic heterocycles. The number of hydrogen-bond donors (Lipinski definition) is 1. The lowest BCUT2D eigenvalue weighted by atomic mass is 10.1. The molecule has 0 spiro atoms. The monoisotopic (exact) mass is 365 g/mol. The molecule has 4 rings (SSSR count). The summed E-state index contributed by atoms with van der Waals surface area (Å²) in [6.45, 7) is 4.08. The van der Waals surface area contributed by atoms with Gasteiger partial charge in [-0.15, -0.1) is 0 Å². The smallest absolute Gasteiger partial charge is 0.413 e. The summed E-state index contributed by atoms with van der Waals surface area (Å²) in [7, 11) is 0. The lowest BCUT2D eigenvalue weighted by Crippen LogP contribution is -2.47. The number of benzene rings is 1. The Morgan fingerprint density at radius 1 is 1.31 bits per heavy atom. The van der Waals surface area contributed by atoms with Crippen LogP contribution in [0.1, 0.15) is 12.5 Å². The fourth-order valence-electron chi connectivity index (χ4n) is 3.42. The van der Waals surface area contributed by atoms with Crippen molar-refractivity contribution >= 4 is 17.7 Å². The molecule has 0 bridgehead atoms. The van der Waals surface area contributed by atoms with E-state index in [0.717, 1.165) is 0 Å². The maximum atomic E-state index is 14.6. The molecule has 2 amide bonds. The van der Waals surface area contributed by atoms with Gasteiger partial charge in [0.25, 0.3) is 0 Å². The number of hydrogen-bond acceptors (Lipinski definition) is 6. The predicted octanol–water partition coefficient (Wildman–Crippen LogP) is 0.838. The number of carbonyl (C=O) groups is 2. The van der Waals surface area contributed by atoms with Crippen LogP contribution < -0.4 is 15.0 Å². The van der Waals surface area contributed by atoms with E-state index in [4.69, 9.17) is 14.2 Å². The molecule has 1 aromatic carbocycles. The lowest BCUT2D eigenvalue weighted by molar-refractivity contribution is -0.119. The lowest BCUT2D eigenvalue weighted by Gasteiger charge is -2.34. The van der Waals surface area contributed by atoms with Crippen molar-refractivity contribution in [2.75, 3.05) is 37.7 Å². The minimum Gasteiger partial charge on any atom is -0.466 e. The summed E-state index contributed by atoms with van der Waals surface area (Å²) < 4.78 is 31.1. The van der Waals surface area contributed by atoms with Crippen molar-refractivity contribution in [3.8, 4) is 5.75 Å². The van der Waals surface area contributed by atoms with Crippen LogP contribution in [0.25, 0.3) is 0 Å². The molecule has 9 heteroatoms. The third-order valence-electron chi connectivity index (χ3n) is 4.73. The first-order valence-electron chi connectivity index (χ1n) is 8.56. The molecule has 2 atom stereocenters. The van der Waals surface area contributed by atoms with Crippen LogP contribution in [0, 0.1) is 5.82 Å². The maximum Gasteiger partial charge on any atom is 0.413 e. The molecule has 2 saturated heterocycles. The second-order valence-corrected chi connectivity index (χ2v) is 6.51. The van der Waals surface area contributed by atoms with Crippen molar-refractivity contribution in [1.82, 2.24) is 10.2 Å². The normalized spacial score (nSPS) is 24.5. The Balaban J connectivity index is 1.58. The SMILES string of the molecule is CC(=O)NC[C@@H]1OC(=O)N2Cc3cc(F)c(N4CCOCC4)cc3O[C@@H]12. The number of carbonyl (C=O) groups excluding carboxylic acids is 2. The van der Waals surface area contributed by atoms with E-state index in [1.807, 2.05) is 4.90 Å². The zero-order valence-corrected chi connectivity index (χ0v) is 14.4. The fourth-order valence-corrected chi connectivity index (χ4v) is 3.42. The molecule has 0 aliphatic carbocycles. The number of morpholine rings is 1. The number of ether oxygens (including phenoxy) is 3. The van der Waals surface area contributed by atoms with Gasteiger partial charge in [-0.05, 0) is 6.07 Å². The molecule has 140 valence electrons. The summed E-state index contributed by atoms with van der Waals surface area (Å²) in [5.74, 6) is -0.0392. The van der Waals surface area contributed by atoms with E-state index in [2.05, 4.69) is 5.32 Å². The summed E-state index contributed by atoms with van der Waals surface area (Å²) in [5, 5.41) is 2.63. The summed E-state index contributed by atoms with van der Waals surface area (Å²) >= 11 is 0. The summed E-state index contributed by atoms with van der Waals surface area (Å²) in [5.41, 5.74) is 1.05. The van der Waals surface area contributed by atoms with Crippen molar-refractivity contribution in [1.29, 1.82) is 0 Å². The number of cyclic esters (lactones) is 1. The number of anilines is 1. The molecule has 1 N–H and O–H groups in total. The van der Waals surface area contributed by atoms with Gasteiger partial charge in [-0.1, -0.05) is 0 Å². The first-order chi connectivity index (χ1) is 12.5. The zero-order valence-electron chi connectivity index (χ0n) is 14.4. The van der Waals surface area contributed by atoms with Gasteiger partial charge in [0, 0.05) is 31.6 Å². The van der Waals surface area contributed by atoms with Crippen LogP contribution in [-0.2, 0) is 20.8 Å². The Morgan fingerprint density at radius 2 is 2.08 bits per heavy atom.